The van der Waals surface area contributed by atoms with E-state index in [1.807, 2.05) is 0 Å². The molecule has 1 aromatic rings. The maximum absolute atomic E-state index is 5.70. The van der Waals surface area contributed by atoms with E-state index in [2.05, 4.69) is 57.8 Å². The van der Waals surface area contributed by atoms with Gasteiger partial charge in [0.1, 0.15) is 0 Å². The molecular formula is C15H26N2. The third kappa shape index (κ3) is 3.83. The molecule has 0 heterocycles. The molecule has 0 amide bonds. The Kier molecular flexibility index (Phi) is 5.16. The van der Waals surface area contributed by atoms with Gasteiger partial charge in [-0.3, -0.25) is 4.90 Å². The number of likely N-dealkylation sites (N-methyl/N-ethyl adjacent to an activating group) is 1. The summed E-state index contributed by atoms with van der Waals surface area (Å²) in [5.41, 5.74) is 9.90. The minimum absolute atomic E-state index is 0.428. The molecule has 0 aliphatic heterocycles. The molecule has 0 aromatic heterocycles. The lowest BCUT2D eigenvalue weighted by Gasteiger charge is -2.24. The van der Waals surface area contributed by atoms with Gasteiger partial charge in [0.05, 0.1) is 0 Å². The summed E-state index contributed by atoms with van der Waals surface area (Å²) in [6.45, 7) is 10.5. The Bertz CT molecular complexity index is 358. The van der Waals surface area contributed by atoms with Gasteiger partial charge in [-0.05, 0) is 43.5 Å². The molecule has 0 aliphatic rings. The van der Waals surface area contributed by atoms with E-state index in [1.54, 1.807) is 0 Å². The van der Waals surface area contributed by atoms with E-state index >= 15 is 0 Å². The number of hydrogen-bond acceptors (Lipinski definition) is 2. The number of benzene rings is 1. The number of aryl methyl sites for hydroxylation is 1. The molecular weight excluding hydrogens is 208 g/mol. The summed E-state index contributed by atoms with van der Waals surface area (Å²) in [5, 5.41) is 0. The van der Waals surface area contributed by atoms with Crippen LogP contribution in [0.4, 0.5) is 0 Å². The van der Waals surface area contributed by atoms with Crippen LogP contribution in [0.3, 0.4) is 0 Å². The van der Waals surface area contributed by atoms with E-state index in [1.165, 1.54) is 16.7 Å². The van der Waals surface area contributed by atoms with Crippen molar-refractivity contribution in [3.8, 4) is 0 Å². The van der Waals surface area contributed by atoms with Crippen LogP contribution in [0.5, 0.6) is 0 Å². The molecule has 0 bridgehead atoms. The third-order valence-electron chi connectivity index (χ3n) is 3.55. The smallest absolute Gasteiger partial charge is 0.0236 e. The maximum Gasteiger partial charge on any atom is 0.0236 e. The van der Waals surface area contributed by atoms with Crippen molar-refractivity contribution in [2.24, 2.45) is 5.73 Å². The van der Waals surface area contributed by atoms with Crippen LogP contribution in [0.25, 0.3) is 0 Å². The van der Waals surface area contributed by atoms with Gasteiger partial charge < -0.3 is 5.73 Å². The van der Waals surface area contributed by atoms with Crippen LogP contribution in [-0.2, 0) is 6.54 Å². The summed E-state index contributed by atoms with van der Waals surface area (Å²) in [7, 11) is 2.14. The van der Waals surface area contributed by atoms with Gasteiger partial charge in [-0.2, -0.15) is 0 Å². The second kappa shape index (κ2) is 6.18. The minimum Gasteiger partial charge on any atom is -0.329 e. The number of nitrogens with two attached hydrogens (primary N) is 1. The average Bonchev–Trinajstić information content (AvgIpc) is 2.30. The standard InChI is InChI=1S/C15H26N2/c1-11(2)14-7-6-12(3)15(8-14)10-17(5)13(4)9-16/h6-8,11,13H,9-10,16H2,1-5H3. The van der Waals surface area contributed by atoms with E-state index < -0.39 is 0 Å². The average molecular weight is 234 g/mol. The van der Waals surface area contributed by atoms with Gasteiger partial charge in [0, 0.05) is 19.1 Å². The van der Waals surface area contributed by atoms with Crippen molar-refractivity contribution in [1.29, 1.82) is 0 Å². The van der Waals surface area contributed by atoms with E-state index in [9.17, 15) is 0 Å². The number of hydrogen-bond donors (Lipinski definition) is 1. The zero-order valence-electron chi connectivity index (χ0n) is 11.8. The second-order valence-corrected chi connectivity index (χ2v) is 5.34. The minimum atomic E-state index is 0.428. The highest BCUT2D eigenvalue weighted by atomic mass is 15.1. The molecule has 17 heavy (non-hydrogen) atoms. The molecule has 0 saturated heterocycles. The summed E-state index contributed by atoms with van der Waals surface area (Å²) in [4.78, 5) is 2.31. The first-order chi connectivity index (χ1) is 7.95. The molecule has 0 saturated carbocycles. The van der Waals surface area contributed by atoms with Crippen LogP contribution in [0.15, 0.2) is 18.2 Å². The Labute approximate surface area is 106 Å². The molecule has 2 N–H and O–H groups in total. The molecule has 96 valence electrons. The predicted molar refractivity (Wildman–Crippen MR) is 75.3 cm³/mol. The van der Waals surface area contributed by atoms with Crippen LogP contribution in [0.2, 0.25) is 0 Å². The highest BCUT2D eigenvalue weighted by Crippen LogP contribution is 2.20. The highest BCUT2D eigenvalue weighted by Gasteiger charge is 2.10. The maximum atomic E-state index is 5.70. The van der Waals surface area contributed by atoms with Crippen LogP contribution in [0, 0.1) is 6.92 Å². The van der Waals surface area contributed by atoms with Crippen molar-refractivity contribution < 1.29 is 0 Å². The van der Waals surface area contributed by atoms with Gasteiger partial charge >= 0.3 is 0 Å². The van der Waals surface area contributed by atoms with E-state index in [-0.39, 0.29) is 0 Å². The fourth-order valence-electron chi connectivity index (χ4n) is 1.83. The fraction of sp³-hybridized carbons (Fsp3) is 0.600. The molecule has 1 unspecified atom stereocenters. The molecule has 2 nitrogen and oxygen atoms in total. The Morgan fingerprint density at radius 3 is 2.41 bits per heavy atom. The highest BCUT2D eigenvalue weighted by molar-refractivity contribution is 5.32. The zero-order chi connectivity index (χ0) is 13.0. The van der Waals surface area contributed by atoms with Gasteiger partial charge in [-0.15, -0.1) is 0 Å². The van der Waals surface area contributed by atoms with Gasteiger partial charge in [-0.25, -0.2) is 0 Å². The zero-order valence-corrected chi connectivity index (χ0v) is 11.8. The Balaban J connectivity index is 2.86. The Hall–Kier alpha value is -0.860. The van der Waals surface area contributed by atoms with Gasteiger partial charge in [0.25, 0.3) is 0 Å². The molecule has 2 heteroatoms. The van der Waals surface area contributed by atoms with Crippen molar-refractivity contribution in [2.75, 3.05) is 13.6 Å². The van der Waals surface area contributed by atoms with Gasteiger partial charge in [0.2, 0.25) is 0 Å². The summed E-state index contributed by atoms with van der Waals surface area (Å²) >= 11 is 0. The van der Waals surface area contributed by atoms with Gasteiger partial charge in [-0.1, -0.05) is 32.0 Å². The topological polar surface area (TPSA) is 29.3 Å². The lowest BCUT2D eigenvalue weighted by atomic mass is 9.97. The second-order valence-electron chi connectivity index (χ2n) is 5.34. The molecule has 0 radical (unpaired) electrons. The first-order valence-corrected chi connectivity index (χ1v) is 6.45. The number of nitrogens with zero attached hydrogens (tertiary/aromatic N) is 1. The summed E-state index contributed by atoms with van der Waals surface area (Å²) in [5.74, 6) is 0.589. The molecule has 0 spiro atoms. The van der Waals surface area contributed by atoms with Crippen LogP contribution in [-0.4, -0.2) is 24.5 Å². The van der Waals surface area contributed by atoms with E-state index in [0.29, 0.717) is 18.5 Å². The molecule has 1 atom stereocenters. The third-order valence-corrected chi connectivity index (χ3v) is 3.55. The number of rotatable bonds is 5. The summed E-state index contributed by atoms with van der Waals surface area (Å²) in [6, 6.07) is 7.22. The first-order valence-electron chi connectivity index (χ1n) is 6.45. The van der Waals surface area contributed by atoms with Crippen molar-refractivity contribution in [2.45, 2.75) is 46.2 Å². The van der Waals surface area contributed by atoms with Gasteiger partial charge in [0.15, 0.2) is 0 Å². The lowest BCUT2D eigenvalue weighted by molar-refractivity contribution is 0.254. The van der Waals surface area contributed by atoms with Crippen molar-refractivity contribution in [3.05, 3.63) is 34.9 Å². The summed E-state index contributed by atoms with van der Waals surface area (Å²) in [6.07, 6.45) is 0. The quantitative estimate of drug-likeness (QED) is 0.849. The molecule has 1 rings (SSSR count). The monoisotopic (exact) mass is 234 g/mol. The molecule has 0 aliphatic carbocycles. The molecule has 0 fully saturated rings. The largest absolute Gasteiger partial charge is 0.329 e. The first kappa shape index (κ1) is 14.2. The van der Waals surface area contributed by atoms with Crippen molar-refractivity contribution in [1.82, 2.24) is 4.90 Å². The molecule has 1 aromatic carbocycles. The van der Waals surface area contributed by atoms with Crippen LogP contribution in [0.1, 0.15) is 43.4 Å². The van der Waals surface area contributed by atoms with Crippen molar-refractivity contribution >= 4 is 0 Å². The Morgan fingerprint density at radius 1 is 1.24 bits per heavy atom. The van der Waals surface area contributed by atoms with Crippen LogP contribution >= 0.6 is 0 Å². The lowest BCUT2D eigenvalue weighted by Crippen LogP contribution is -2.34. The van der Waals surface area contributed by atoms with Crippen molar-refractivity contribution in [3.63, 3.8) is 0 Å². The van der Waals surface area contributed by atoms with Crippen LogP contribution < -0.4 is 5.73 Å². The fourth-order valence-corrected chi connectivity index (χ4v) is 1.83. The predicted octanol–water partition coefficient (Wildman–Crippen LogP) is 2.90. The van der Waals surface area contributed by atoms with E-state index in [4.69, 9.17) is 5.73 Å². The SMILES string of the molecule is Cc1ccc(C(C)C)cc1CN(C)C(C)CN. The summed E-state index contributed by atoms with van der Waals surface area (Å²) < 4.78 is 0. The van der Waals surface area contributed by atoms with E-state index in [0.717, 1.165) is 6.54 Å². The normalized spacial score (nSPS) is 13.4. The Morgan fingerprint density at radius 2 is 1.88 bits per heavy atom.